The number of halogens is 1. The largest absolute Gasteiger partial charge is 0.364 e. The minimum Gasteiger partial charge on any atom is -0.364 e. The lowest BCUT2D eigenvalue weighted by Crippen LogP contribution is -2.43. The molecule has 1 saturated heterocycles. The van der Waals surface area contributed by atoms with E-state index in [0.717, 1.165) is 30.2 Å². The van der Waals surface area contributed by atoms with E-state index in [1.54, 1.807) is 0 Å². The first-order valence-electron chi connectivity index (χ1n) is 8.52. The zero-order valence-electron chi connectivity index (χ0n) is 13.4. The van der Waals surface area contributed by atoms with Crippen LogP contribution >= 0.6 is 15.9 Å². The molecule has 2 fully saturated rings. The van der Waals surface area contributed by atoms with Gasteiger partial charge >= 0.3 is 0 Å². The Labute approximate surface area is 146 Å². The highest BCUT2D eigenvalue weighted by Crippen LogP contribution is 2.41. The standard InChI is InChI=1S/C18H25BrN2O2/c19-14-5-3-13(4-6-14)18(9-1-2-10-18)12-21-17(22)16-8-7-15(11-20)23-16/h3-6,15-16H,1-2,7-12,20H2,(H,21,22)/t15-,16+/m1/s1. The van der Waals surface area contributed by atoms with Crippen molar-refractivity contribution in [1.82, 2.24) is 5.32 Å². The summed E-state index contributed by atoms with van der Waals surface area (Å²) in [5.41, 5.74) is 7.01. The van der Waals surface area contributed by atoms with Crippen LogP contribution in [0.15, 0.2) is 28.7 Å². The topological polar surface area (TPSA) is 64.4 Å². The van der Waals surface area contributed by atoms with Gasteiger partial charge in [0.1, 0.15) is 6.10 Å². The minimum absolute atomic E-state index is 0.0179. The number of hydrogen-bond donors (Lipinski definition) is 2. The first-order valence-corrected chi connectivity index (χ1v) is 9.31. The molecule has 2 aliphatic rings. The predicted molar refractivity (Wildman–Crippen MR) is 94.2 cm³/mol. The number of amides is 1. The maximum atomic E-state index is 12.4. The van der Waals surface area contributed by atoms with Crippen LogP contribution in [0.4, 0.5) is 0 Å². The highest BCUT2D eigenvalue weighted by atomic mass is 79.9. The molecule has 1 aromatic rings. The lowest BCUT2D eigenvalue weighted by Gasteiger charge is -2.30. The maximum absolute atomic E-state index is 12.4. The highest BCUT2D eigenvalue weighted by molar-refractivity contribution is 9.10. The fourth-order valence-electron chi connectivity index (χ4n) is 3.86. The average Bonchev–Trinajstić information content (AvgIpc) is 3.23. The molecule has 1 aliphatic carbocycles. The molecule has 1 aliphatic heterocycles. The molecule has 1 saturated carbocycles. The van der Waals surface area contributed by atoms with Crippen molar-refractivity contribution in [1.29, 1.82) is 0 Å². The summed E-state index contributed by atoms with van der Waals surface area (Å²) < 4.78 is 6.79. The highest BCUT2D eigenvalue weighted by Gasteiger charge is 2.37. The van der Waals surface area contributed by atoms with Crippen molar-refractivity contribution in [3.63, 3.8) is 0 Å². The Hall–Kier alpha value is -0.910. The first kappa shape index (κ1) is 16.9. The lowest BCUT2D eigenvalue weighted by atomic mass is 9.79. The van der Waals surface area contributed by atoms with Gasteiger partial charge in [0.05, 0.1) is 6.10 Å². The SMILES string of the molecule is NC[C@H]1CC[C@@H](C(=O)NCC2(c3ccc(Br)cc3)CCCC2)O1. The van der Waals surface area contributed by atoms with Gasteiger partial charge in [-0.05, 0) is 43.4 Å². The molecule has 126 valence electrons. The van der Waals surface area contributed by atoms with Crippen molar-refractivity contribution < 1.29 is 9.53 Å². The van der Waals surface area contributed by atoms with E-state index in [1.807, 2.05) is 0 Å². The van der Waals surface area contributed by atoms with Gasteiger partial charge in [0.15, 0.2) is 0 Å². The zero-order valence-corrected chi connectivity index (χ0v) is 15.0. The molecule has 3 rings (SSSR count). The Morgan fingerprint density at radius 3 is 2.57 bits per heavy atom. The lowest BCUT2D eigenvalue weighted by molar-refractivity contribution is -0.132. The van der Waals surface area contributed by atoms with Crippen LogP contribution in [-0.4, -0.2) is 31.2 Å². The molecule has 1 heterocycles. The molecule has 0 radical (unpaired) electrons. The Balaban J connectivity index is 1.64. The molecular formula is C18H25BrN2O2. The third-order valence-electron chi connectivity index (χ3n) is 5.28. The third-order valence-corrected chi connectivity index (χ3v) is 5.81. The number of hydrogen-bond acceptors (Lipinski definition) is 3. The molecule has 3 N–H and O–H groups in total. The van der Waals surface area contributed by atoms with Gasteiger partial charge in [0, 0.05) is 23.0 Å². The molecule has 23 heavy (non-hydrogen) atoms. The molecule has 1 aromatic carbocycles. The van der Waals surface area contributed by atoms with Crippen molar-refractivity contribution in [3.05, 3.63) is 34.3 Å². The Kier molecular flexibility index (Phi) is 5.39. The summed E-state index contributed by atoms with van der Waals surface area (Å²) in [6.45, 7) is 1.19. The number of rotatable bonds is 5. The summed E-state index contributed by atoms with van der Waals surface area (Å²) in [4.78, 5) is 12.4. The molecule has 0 spiro atoms. The Morgan fingerprint density at radius 2 is 1.96 bits per heavy atom. The van der Waals surface area contributed by atoms with Gasteiger partial charge in [-0.3, -0.25) is 4.79 Å². The summed E-state index contributed by atoms with van der Waals surface area (Å²) in [7, 11) is 0. The van der Waals surface area contributed by atoms with Crippen LogP contribution in [0.3, 0.4) is 0 Å². The number of ether oxygens (including phenoxy) is 1. The fourth-order valence-corrected chi connectivity index (χ4v) is 4.13. The van der Waals surface area contributed by atoms with Crippen LogP contribution in [0.25, 0.3) is 0 Å². The van der Waals surface area contributed by atoms with Crippen LogP contribution in [-0.2, 0) is 14.9 Å². The van der Waals surface area contributed by atoms with E-state index >= 15 is 0 Å². The van der Waals surface area contributed by atoms with E-state index in [-0.39, 0.29) is 23.5 Å². The van der Waals surface area contributed by atoms with E-state index in [4.69, 9.17) is 10.5 Å². The summed E-state index contributed by atoms with van der Waals surface area (Å²) in [6.07, 6.45) is 6.08. The van der Waals surface area contributed by atoms with Crippen LogP contribution < -0.4 is 11.1 Å². The van der Waals surface area contributed by atoms with Gasteiger partial charge < -0.3 is 15.8 Å². The van der Waals surface area contributed by atoms with Gasteiger partial charge in [0.25, 0.3) is 0 Å². The monoisotopic (exact) mass is 380 g/mol. The van der Waals surface area contributed by atoms with Crippen LogP contribution in [0.5, 0.6) is 0 Å². The van der Waals surface area contributed by atoms with E-state index in [9.17, 15) is 4.79 Å². The van der Waals surface area contributed by atoms with Crippen molar-refractivity contribution in [2.75, 3.05) is 13.1 Å². The second-order valence-electron chi connectivity index (χ2n) is 6.77. The number of carbonyl (C=O) groups is 1. The Morgan fingerprint density at radius 1 is 1.26 bits per heavy atom. The molecule has 0 bridgehead atoms. The van der Waals surface area contributed by atoms with Crippen LogP contribution in [0.2, 0.25) is 0 Å². The minimum atomic E-state index is -0.327. The molecule has 4 nitrogen and oxygen atoms in total. The van der Waals surface area contributed by atoms with Gasteiger partial charge in [-0.2, -0.15) is 0 Å². The molecule has 0 unspecified atom stereocenters. The van der Waals surface area contributed by atoms with E-state index in [1.165, 1.54) is 18.4 Å². The van der Waals surface area contributed by atoms with Gasteiger partial charge in [-0.25, -0.2) is 0 Å². The van der Waals surface area contributed by atoms with Crippen LogP contribution in [0.1, 0.15) is 44.1 Å². The average molecular weight is 381 g/mol. The van der Waals surface area contributed by atoms with Gasteiger partial charge in [-0.15, -0.1) is 0 Å². The molecule has 2 atom stereocenters. The molecular weight excluding hydrogens is 356 g/mol. The molecule has 0 aromatic heterocycles. The van der Waals surface area contributed by atoms with E-state index in [0.29, 0.717) is 13.1 Å². The van der Waals surface area contributed by atoms with E-state index < -0.39 is 0 Å². The number of benzene rings is 1. The van der Waals surface area contributed by atoms with Crippen molar-refractivity contribution in [2.24, 2.45) is 5.73 Å². The normalized spacial score (nSPS) is 26.3. The van der Waals surface area contributed by atoms with E-state index in [2.05, 4.69) is 45.5 Å². The smallest absolute Gasteiger partial charge is 0.249 e. The summed E-state index contributed by atoms with van der Waals surface area (Å²) in [6, 6.07) is 8.53. The summed E-state index contributed by atoms with van der Waals surface area (Å²) >= 11 is 3.49. The van der Waals surface area contributed by atoms with Crippen LogP contribution in [0, 0.1) is 0 Å². The molecule has 5 heteroatoms. The number of carbonyl (C=O) groups excluding carboxylic acids is 1. The number of nitrogens with two attached hydrogens (primary N) is 1. The third kappa shape index (κ3) is 3.78. The molecule has 1 amide bonds. The fraction of sp³-hybridized carbons (Fsp3) is 0.611. The first-order chi connectivity index (χ1) is 11.1. The second kappa shape index (κ2) is 7.32. The van der Waals surface area contributed by atoms with Crippen molar-refractivity contribution in [2.45, 2.75) is 56.1 Å². The van der Waals surface area contributed by atoms with Gasteiger partial charge in [-0.1, -0.05) is 40.9 Å². The zero-order chi connectivity index (χ0) is 16.3. The Bertz CT molecular complexity index is 540. The van der Waals surface area contributed by atoms with Gasteiger partial charge in [0.2, 0.25) is 5.91 Å². The maximum Gasteiger partial charge on any atom is 0.249 e. The summed E-state index contributed by atoms with van der Waals surface area (Å²) in [5.74, 6) is 0.0179. The van der Waals surface area contributed by atoms with Crippen molar-refractivity contribution in [3.8, 4) is 0 Å². The van der Waals surface area contributed by atoms with Crippen molar-refractivity contribution >= 4 is 21.8 Å². The number of nitrogens with one attached hydrogen (secondary N) is 1. The predicted octanol–water partition coefficient (Wildman–Crippen LogP) is 2.88. The summed E-state index contributed by atoms with van der Waals surface area (Å²) in [5, 5.41) is 3.15. The second-order valence-corrected chi connectivity index (χ2v) is 7.69. The quantitative estimate of drug-likeness (QED) is 0.825.